The van der Waals surface area contributed by atoms with Crippen molar-refractivity contribution in [2.75, 3.05) is 4.90 Å². The van der Waals surface area contributed by atoms with Gasteiger partial charge in [-0.3, -0.25) is 19.2 Å². The van der Waals surface area contributed by atoms with Crippen LogP contribution in [0.1, 0.15) is 37.9 Å². The molecule has 1 spiro atoms. The Morgan fingerprint density at radius 1 is 0.794 bits per heavy atom. The fraction of sp³-hybridized carbons (Fsp3) is 0.185. The molecule has 2 aliphatic heterocycles. The first kappa shape index (κ1) is 21.1. The molecule has 168 valence electrons. The number of Topliss-reactive ketones (excluding diaryl/α,β-unsaturated/α-hetero) is 2. The Bertz CT molecular complexity index is 1360. The number of ketones is 2. The van der Waals surface area contributed by atoms with Gasteiger partial charge in [0.1, 0.15) is 0 Å². The number of amides is 2. The highest BCUT2D eigenvalue weighted by atomic mass is 79.9. The molecule has 7 heteroatoms. The highest BCUT2D eigenvalue weighted by Crippen LogP contribution is 2.57. The number of hydrogen-bond donors (Lipinski definition) is 0. The molecule has 2 saturated heterocycles. The fourth-order valence-electron chi connectivity index (χ4n) is 5.42. The second kappa shape index (κ2) is 7.29. The molecule has 0 radical (unpaired) electrons. The maximum atomic E-state index is 13.8. The monoisotopic (exact) mass is 515 g/mol. The first-order valence-corrected chi connectivity index (χ1v) is 11.7. The van der Waals surface area contributed by atoms with E-state index >= 15 is 0 Å². The quantitative estimate of drug-likeness (QED) is 0.372. The van der Waals surface area contributed by atoms with Crippen LogP contribution in [-0.2, 0) is 14.3 Å². The minimum absolute atomic E-state index is 0.219. The van der Waals surface area contributed by atoms with Crippen LogP contribution in [0.15, 0.2) is 77.3 Å². The lowest BCUT2D eigenvalue weighted by Crippen LogP contribution is -2.51. The summed E-state index contributed by atoms with van der Waals surface area (Å²) in [7, 11) is 0. The summed E-state index contributed by atoms with van der Waals surface area (Å²) >= 11 is 3.40. The SMILES string of the molecule is Cc1ccc(N2C(=O)[C@@H]3[C@H](c4ccc(Br)cc4)OC4(C(=O)c5ccccc5C4=O)[C@H]3C2=O)cc1. The predicted octanol–water partition coefficient (Wildman–Crippen LogP) is 4.45. The van der Waals surface area contributed by atoms with E-state index in [-0.39, 0.29) is 11.1 Å². The van der Waals surface area contributed by atoms with Crippen LogP contribution in [0.25, 0.3) is 0 Å². The summed E-state index contributed by atoms with van der Waals surface area (Å²) in [5.41, 5.74) is 0.396. The van der Waals surface area contributed by atoms with Crippen molar-refractivity contribution in [3.8, 4) is 0 Å². The number of imide groups is 1. The molecule has 0 N–H and O–H groups in total. The molecule has 2 fully saturated rings. The second-order valence-electron chi connectivity index (χ2n) is 8.88. The van der Waals surface area contributed by atoms with Crippen molar-refractivity contribution in [3.63, 3.8) is 0 Å². The molecule has 2 heterocycles. The van der Waals surface area contributed by atoms with Gasteiger partial charge in [-0.15, -0.1) is 0 Å². The van der Waals surface area contributed by atoms with E-state index in [9.17, 15) is 19.2 Å². The minimum Gasteiger partial charge on any atom is -0.349 e. The molecule has 34 heavy (non-hydrogen) atoms. The van der Waals surface area contributed by atoms with Gasteiger partial charge in [0.2, 0.25) is 29.0 Å². The number of fused-ring (bicyclic) bond motifs is 3. The number of halogens is 1. The zero-order valence-electron chi connectivity index (χ0n) is 18.0. The van der Waals surface area contributed by atoms with E-state index < -0.39 is 46.9 Å². The van der Waals surface area contributed by atoms with Crippen LogP contribution in [0.3, 0.4) is 0 Å². The van der Waals surface area contributed by atoms with Crippen LogP contribution in [-0.4, -0.2) is 29.0 Å². The molecule has 1 aliphatic carbocycles. The topological polar surface area (TPSA) is 80.8 Å². The van der Waals surface area contributed by atoms with Gasteiger partial charge < -0.3 is 4.74 Å². The number of nitrogens with zero attached hydrogens (tertiary/aromatic N) is 1. The van der Waals surface area contributed by atoms with Crippen LogP contribution in [0.5, 0.6) is 0 Å². The average molecular weight is 516 g/mol. The average Bonchev–Trinajstić information content (AvgIpc) is 3.40. The van der Waals surface area contributed by atoms with Gasteiger partial charge in [-0.05, 0) is 36.8 Å². The van der Waals surface area contributed by atoms with Gasteiger partial charge in [0.15, 0.2) is 0 Å². The van der Waals surface area contributed by atoms with E-state index in [0.29, 0.717) is 11.3 Å². The Morgan fingerprint density at radius 2 is 1.38 bits per heavy atom. The first-order valence-electron chi connectivity index (χ1n) is 10.9. The van der Waals surface area contributed by atoms with Crippen molar-refractivity contribution in [2.24, 2.45) is 11.8 Å². The molecule has 6 rings (SSSR count). The van der Waals surface area contributed by atoms with Gasteiger partial charge in [-0.25, -0.2) is 4.90 Å². The molecule has 3 aliphatic rings. The molecule has 0 saturated carbocycles. The molecule has 3 atom stereocenters. The molecule has 0 unspecified atom stereocenters. The van der Waals surface area contributed by atoms with E-state index in [1.165, 1.54) is 0 Å². The van der Waals surface area contributed by atoms with Crippen LogP contribution in [0.2, 0.25) is 0 Å². The van der Waals surface area contributed by atoms with Crippen molar-refractivity contribution < 1.29 is 23.9 Å². The third kappa shape index (κ3) is 2.65. The molecule has 2 amide bonds. The number of rotatable bonds is 2. The normalized spacial score (nSPS) is 24.8. The van der Waals surface area contributed by atoms with E-state index in [0.717, 1.165) is 14.9 Å². The highest BCUT2D eigenvalue weighted by Gasteiger charge is 2.74. The van der Waals surface area contributed by atoms with Gasteiger partial charge in [0.05, 0.1) is 23.6 Å². The lowest BCUT2D eigenvalue weighted by Gasteiger charge is -2.27. The van der Waals surface area contributed by atoms with E-state index in [1.807, 2.05) is 19.1 Å². The lowest BCUT2D eigenvalue weighted by molar-refractivity contribution is -0.127. The number of benzene rings is 3. The van der Waals surface area contributed by atoms with Crippen molar-refractivity contribution in [1.29, 1.82) is 0 Å². The van der Waals surface area contributed by atoms with Gasteiger partial charge in [-0.1, -0.05) is 70.0 Å². The maximum absolute atomic E-state index is 13.8. The number of carbonyl (C=O) groups excluding carboxylic acids is 4. The Hall–Kier alpha value is -3.42. The number of anilines is 1. The first-order chi connectivity index (χ1) is 16.3. The van der Waals surface area contributed by atoms with Gasteiger partial charge in [0.25, 0.3) is 0 Å². The minimum atomic E-state index is -2.06. The number of hydrogen-bond acceptors (Lipinski definition) is 5. The van der Waals surface area contributed by atoms with Crippen molar-refractivity contribution in [2.45, 2.75) is 18.6 Å². The van der Waals surface area contributed by atoms with Crippen molar-refractivity contribution in [3.05, 3.63) is 99.5 Å². The summed E-state index contributed by atoms with van der Waals surface area (Å²) in [6.07, 6.45) is -0.924. The smallest absolute Gasteiger partial charge is 0.241 e. The molecule has 0 bridgehead atoms. The molecular weight excluding hydrogens is 498 g/mol. The van der Waals surface area contributed by atoms with Crippen LogP contribution < -0.4 is 4.90 Å². The molecular formula is C27H18BrNO5. The Morgan fingerprint density at radius 3 is 1.97 bits per heavy atom. The highest BCUT2D eigenvalue weighted by molar-refractivity contribution is 9.10. The second-order valence-corrected chi connectivity index (χ2v) is 9.80. The summed E-state index contributed by atoms with van der Waals surface area (Å²) in [5, 5.41) is 0. The zero-order chi connectivity index (χ0) is 23.8. The maximum Gasteiger partial charge on any atom is 0.241 e. The predicted molar refractivity (Wildman–Crippen MR) is 126 cm³/mol. The Kier molecular flexibility index (Phi) is 4.53. The summed E-state index contributed by atoms with van der Waals surface area (Å²) in [6.45, 7) is 1.91. The van der Waals surface area contributed by atoms with Crippen LogP contribution in [0, 0.1) is 18.8 Å². The Labute approximate surface area is 203 Å². The summed E-state index contributed by atoms with van der Waals surface area (Å²) in [5.74, 6) is -4.43. The fourth-order valence-corrected chi connectivity index (χ4v) is 5.68. The van der Waals surface area contributed by atoms with Gasteiger partial charge in [0, 0.05) is 15.6 Å². The van der Waals surface area contributed by atoms with Crippen LogP contribution >= 0.6 is 15.9 Å². The summed E-state index contributed by atoms with van der Waals surface area (Å²) in [6, 6.07) is 20.6. The summed E-state index contributed by atoms with van der Waals surface area (Å²) in [4.78, 5) is 56.1. The number of aryl methyl sites for hydroxylation is 1. The largest absolute Gasteiger partial charge is 0.349 e. The van der Waals surface area contributed by atoms with E-state index in [4.69, 9.17) is 4.74 Å². The van der Waals surface area contributed by atoms with Gasteiger partial charge >= 0.3 is 0 Å². The lowest BCUT2D eigenvalue weighted by atomic mass is 9.77. The van der Waals surface area contributed by atoms with E-state index in [2.05, 4.69) is 15.9 Å². The Balaban J connectivity index is 1.54. The molecule has 3 aromatic carbocycles. The number of ether oxygens (including phenoxy) is 1. The standard InChI is InChI=1S/C27H18BrNO5/c1-14-6-12-17(13-7-14)29-25(32)20-21(26(29)33)27(34-22(20)15-8-10-16(28)11-9-15)23(30)18-4-2-3-5-19(18)24(27)31/h2-13,20-22H,1H3/t20-,21+,22-/m0/s1. The van der Waals surface area contributed by atoms with E-state index in [1.54, 1.807) is 60.7 Å². The number of carbonyl (C=O) groups is 4. The third-order valence-corrected chi connectivity index (χ3v) is 7.54. The molecule has 6 nitrogen and oxygen atoms in total. The van der Waals surface area contributed by atoms with Crippen molar-refractivity contribution >= 4 is 45.0 Å². The van der Waals surface area contributed by atoms with Gasteiger partial charge in [-0.2, -0.15) is 0 Å². The summed E-state index contributed by atoms with van der Waals surface area (Å²) < 4.78 is 7.10. The molecule has 0 aromatic heterocycles. The van der Waals surface area contributed by atoms with Crippen molar-refractivity contribution in [1.82, 2.24) is 0 Å². The molecule has 3 aromatic rings. The zero-order valence-corrected chi connectivity index (χ0v) is 19.6. The third-order valence-electron chi connectivity index (χ3n) is 7.01. The van der Waals surface area contributed by atoms with Crippen LogP contribution in [0.4, 0.5) is 5.69 Å².